The third-order valence-corrected chi connectivity index (χ3v) is 1.83. The van der Waals surface area contributed by atoms with Crippen LogP contribution in [0.25, 0.3) is 4.98 Å². The molecule has 0 saturated carbocycles. The molecule has 1 rings (SSSR count). The van der Waals surface area contributed by atoms with Gasteiger partial charge in [-0.2, -0.15) is 0 Å². The second kappa shape index (κ2) is 7.22. The summed E-state index contributed by atoms with van der Waals surface area (Å²) in [6, 6.07) is 7.49. The van der Waals surface area contributed by atoms with Crippen LogP contribution in [-0.4, -0.2) is 12.6 Å². The average molecular weight is 299 g/mol. The van der Waals surface area contributed by atoms with E-state index in [2.05, 4.69) is 20.9 Å². The van der Waals surface area contributed by atoms with Crippen LogP contribution in [0.3, 0.4) is 0 Å². The van der Waals surface area contributed by atoms with Crippen molar-refractivity contribution in [1.29, 1.82) is 5.39 Å². The summed E-state index contributed by atoms with van der Waals surface area (Å²) < 4.78 is 39.0. The molecule has 0 aliphatic rings. The first-order valence-corrected chi connectivity index (χ1v) is 5.36. The summed E-state index contributed by atoms with van der Waals surface area (Å²) in [4.78, 5) is 3.06. The maximum atomic E-state index is 9.75. The first-order chi connectivity index (χ1) is 7.36. The Morgan fingerprint density at radius 3 is 1.88 bits per heavy atom. The van der Waals surface area contributed by atoms with Gasteiger partial charge in [0.05, 0.1) is 0 Å². The quantitative estimate of drug-likeness (QED) is 0.344. The maximum Gasteiger partial charge on any atom is 0.673 e. The monoisotopic (exact) mass is 298 g/mol. The molecule has 0 unspecified atom stereocenters. The van der Waals surface area contributed by atoms with Crippen LogP contribution in [-0.2, 0) is 6.42 Å². The van der Waals surface area contributed by atoms with E-state index in [4.69, 9.17) is 5.39 Å². The minimum absolute atomic E-state index is 0.600. The lowest BCUT2D eigenvalue weighted by molar-refractivity contribution is 0.368. The van der Waals surface area contributed by atoms with Crippen LogP contribution in [0.15, 0.2) is 24.3 Å². The van der Waals surface area contributed by atoms with Gasteiger partial charge in [0.2, 0.25) is 5.39 Å². The second-order valence-electron chi connectivity index (χ2n) is 2.70. The summed E-state index contributed by atoms with van der Waals surface area (Å²) in [5.74, 6) is 0. The molecular weight excluding hydrogens is 291 g/mol. The standard InChI is InChI=1S/C8H8BrN2.BF4/c9-6-5-7-1-3-8(11-10)4-2-7;2-1(3,4)5/h1-4H,5-6H2;/q+1;-1. The molecule has 0 atom stereocenters. The van der Waals surface area contributed by atoms with Gasteiger partial charge in [-0.1, -0.05) is 28.1 Å². The number of aryl methyl sites for hydroxylation is 1. The van der Waals surface area contributed by atoms with Gasteiger partial charge in [0.15, 0.2) is 4.98 Å². The van der Waals surface area contributed by atoms with Crippen LogP contribution < -0.4 is 0 Å². The summed E-state index contributed by atoms with van der Waals surface area (Å²) in [6.45, 7) is 0. The average Bonchev–Trinajstić information content (AvgIpc) is 2.17. The van der Waals surface area contributed by atoms with Crippen LogP contribution in [0.1, 0.15) is 5.56 Å². The van der Waals surface area contributed by atoms with Crippen molar-refractivity contribution in [3.05, 3.63) is 34.8 Å². The van der Waals surface area contributed by atoms with Crippen LogP contribution in [0.2, 0.25) is 0 Å². The van der Waals surface area contributed by atoms with Gasteiger partial charge in [-0.3, -0.25) is 0 Å². The van der Waals surface area contributed by atoms with E-state index in [-0.39, 0.29) is 0 Å². The Bertz CT molecular complexity index is 341. The van der Waals surface area contributed by atoms with Crippen molar-refractivity contribution in [2.75, 3.05) is 5.33 Å². The van der Waals surface area contributed by atoms with Crippen molar-refractivity contribution in [3.63, 3.8) is 0 Å². The number of diazo groups is 1. The predicted octanol–water partition coefficient (Wildman–Crippen LogP) is 4.41. The molecule has 0 heterocycles. The van der Waals surface area contributed by atoms with Crippen molar-refractivity contribution in [2.24, 2.45) is 0 Å². The smallest absolute Gasteiger partial charge is 0.418 e. The molecule has 1 aromatic carbocycles. The van der Waals surface area contributed by atoms with Gasteiger partial charge < -0.3 is 17.3 Å². The number of hydrogen-bond acceptors (Lipinski definition) is 1. The molecule has 0 aromatic heterocycles. The summed E-state index contributed by atoms with van der Waals surface area (Å²) in [5, 5.41) is 9.34. The maximum absolute atomic E-state index is 9.75. The largest absolute Gasteiger partial charge is 0.673 e. The number of alkyl halides is 1. The van der Waals surface area contributed by atoms with Crippen LogP contribution in [0, 0.1) is 5.39 Å². The molecule has 0 aliphatic carbocycles. The normalized spacial score (nSPS) is 10.0. The van der Waals surface area contributed by atoms with Crippen molar-refractivity contribution >= 4 is 28.9 Å². The fourth-order valence-electron chi connectivity index (χ4n) is 0.838. The molecule has 0 bridgehead atoms. The molecule has 2 nitrogen and oxygen atoms in total. The van der Waals surface area contributed by atoms with E-state index in [0.717, 1.165) is 11.8 Å². The lowest BCUT2D eigenvalue weighted by atomic mass is 10.2. The number of halogens is 5. The molecule has 0 fully saturated rings. The van der Waals surface area contributed by atoms with E-state index in [1.165, 1.54) is 5.56 Å². The number of benzene rings is 1. The highest BCUT2D eigenvalue weighted by Crippen LogP contribution is 2.13. The molecule has 8 heteroatoms. The van der Waals surface area contributed by atoms with E-state index < -0.39 is 7.25 Å². The Labute approximate surface area is 98.5 Å². The number of rotatable bonds is 2. The molecule has 16 heavy (non-hydrogen) atoms. The molecule has 0 radical (unpaired) electrons. The molecule has 0 saturated heterocycles. The minimum Gasteiger partial charge on any atom is -0.418 e. The molecule has 0 spiro atoms. The second-order valence-corrected chi connectivity index (χ2v) is 3.49. The van der Waals surface area contributed by atoms with Crippen molar-refractivity contribution in [2.45, 2.75) is 6.42 Å². The Hall–Kier alpha value is -1.10. The fraction of sp³-hybridized carbons (Fsp3) is 0.250. The zero-order valence-electron chi connectivity index (χ0n) is 8.09. The number of hydrogen-bond donors (Lipinski definition) is 0. The van der Waals surface area contributed by atoms with Gasteiger partial charge in [-0.25, -0.2) is 0 Å². The molecule has 0 amide bonds. The van der Waals surface area contributed by atoms with E-state index in [1.807, 2.05) is 12.1 Å². The van der Waals surface area contributed by atoms with E-state index in [1.54, 1.807) is 12.1 Å². The van der Waals surface area contributed by atoms with Crippen LogP contribution >= 0.6 is 15.9 Å². The zero-order valence-corrected chi connectivity index (χ0v) is 9.67. The first-order valence-electron chi connectivity index (χ1n) is 4.24. The van der Waals surface area contributed by atoms with E-state index in [9.17, 15) is 17.3 Å². The summed E-state index contributed by atoms with van der Waals surface area (Å²) >= 11 is 3.35. The van der Waals surface area contributed by atoms with Gasteiger partial charge >= 0.3 is 12.9 Å². The lowest BCUT2D eigenvalue weighted by Crippen LogP contribution is -2.02. The van der Waals surface area contributed by atoms with Crippen LogP contribution in [0.5, 0.6) is 0 Å². The highest BCUT2D eigenvalue weighted by atomic mass is 79.9. The SMILES string of the molecule is F[B-](F)(F)F.N#[N+]c1ccc(CCBr)cc1. The zero-order chi connectivity index (χ0) is 12.6. The lowest BCUT2D eigenvalue weighted by Gasteiger charge is -1.94. The summed E-state index contributed by atoms with van der Waals surface area (Å²) in [7, 11) is -6.00. The van der Waals surface area contributed by atoms with Gasteiger partial charge in [0.25, 0.3) is 0 Å². The molecule has 0 N–H and O–H groups in total. The molecule has 88 valence electrons. The molecule has 1 aromatic rings. The Morgan fingerprint density at radius 2 is 1.56 bits per heavy atom. The molecular formula is C8H8BBrF4N2. The Morgan fingerprint density at radius 1 is 1.12 bits per heavy atom. The Kier molecular flexibility index (Phi) is 6.73. The van der Waals surface area contributed by atoms with Crippen molar-refractivity contribution < 1.29 is 17.3 Å². The van der Waals surface area contributed by atoms with Gasteiger partial charge in [0.1, 0.15) is 0 Å². The van der Waals surface area contributed by atoms with E-state index >= 15 is 0 Å². The Balaban J connectivity index is 0.000000385. The third kappa shape index (κ3) is 9.46. The van der Waals surface area contributed by atoms with Crippen LogP contribution in [0.4, 0.5) is 23.0 Å². The van der Waals surface area contributed by atoms with Crippen molar-refractivity contribution in [1.82, 2.24) is 0 Å². The minimum atomic E-state index is -6.00. The highest BCUT2D eigenvalue weighted by Gasteiger charge is 2.20. The predicted molar refractivity (Wildman–Crippen MR) is 58.9 cm³/mol. The summed E-state index contributed by atoms with van der Waals surface area (Å²) in [5.41, 5.74) is 1.84. The first kappa shape index (κ1) is 14.9. The van der Waals surface area contributed by atoms with E-state index in [0.29, 0.717) is 5.69 Å². The van der Waals surface area contributed by atoms with Crippen molar-refractivity contribution in [3.8, 4) is 0 Å². The third-order valence-electron chi connectivity index (χ3n) is 1.43. The van der Waals surface area contributed by atoms with Gasteiger partial charge in [0, 0.05) is 17.5 Å². The van der Waals surface area contributed by atoms with Gasteiger partial charge in [-0.05, 0) is 12.0 Å². The number of nitrogens with zero attached hydrogens (tertiary/aromatic N) is 2. The summed E-state index contributed by atoms with van der Waals surface area (Å²) in [6.07, 6.45) is 1.01. The highest BCUT2D eigenvalue weighted by molar-refractivity contribution is 9.09. The fourth-order valence-corrected chi connectivity index (χ4v) is 1.30. The molecule has 0 aliphatic heterocycles. The topological polar surface area (TPSA) is 28.1 Å². The van der Waals surface area contributed by atoms with Gasteiger partial charge in [-0.15, -0.1) is 0 Å².